The Bertz CT molecular complexity index is 3920. The summed E-state index contributed by atoms with van der Waals surface area (Å²) in [7, 11) is 0. The molecule has 12 saturated carbocycles. The second kappa shape index (κ2) is 37.9. The van der Waals surface area contributed by atoms with Crippen molar-refractivity contribution in [3.05, 3.63) is 105 Å². The van der Waals surface area contributed by atoms with Crippen LogP contribution in [0.5, 0.6) is 0 Å². The normalized spacial score (nSPS) is 32.1. The molecule has 1 aromatic rings. The van der Waals surface area contributed by atoms with Crippen LogP contribution >= 0.6 is 0 Å². The summed E-state index contributed by atoms with van der Waals surface area (Å²) in [6, 6.07) is 2.33. The molecule has 10 unspecified atom stereocenters. The quantitative estimate of drug-likeness (QED) is 0.0340. The zero-order valence-electron chi connectivity index (χ0n) is 69.2. The molecule has 7 heterocycles. The average molecular weight is 1640 g/mol. The molecule has 7 N–H and O–H groups in total. The number of H-pyrrole nitrogens is 2. The van der Waals surface area contributed by atoms with Crippen LogP contribution in [0.2, 0.25) is 0 Å². The summed E-state index contributed by atoms with van der Waals surface area (Å²) < 4.78 is 58.8. The number of carbonyl (C=O) groups is 13. The molecule has 0 spiro atoms. The van der Waals surface area contributed by atoms with Gasteiger partial charge in [0.05, 0.1) is 25.0 Å². The molecule has 0 aromatic carbocycles. The molecule has 18 fully saturated rings. The van der Waals surface area contributed by atoms with Crippen LogP contribution in [-0.2, 0) is 114 Å². The van der Waals surface area contributed by atoms with E-state index in [4.69, 9.17) is 42.6 Å². The Hall–Kier alpha value is -9.81. The summed E-state index contributed by atoms with van der Waals surface area (Å²) >= 11 is 0. The standard InChI is InChI=1S/C24H28O8.C24H32O4.C13H23NO2.C10H16O4.C7H8O4.C4H4N2O2.C4H6N2O2/c1-10(21(25)31-19-13-2-11-4-15(8-13)23(27)29-17(19)6-11)22(26)32-20-14-3-12-5-16(9-14)24(28)30-18(20)7-12;1-14(21(25)27-23-8-15-2-16(9-23)4-17(3-15)10-23)22(26)28-24-11-18-5-19(12-24)7-20(6-18)13-24;1-9(2)11(15)16-10-7-12(3,4)14-13(5,6)8-10;1-5-13-9(11)8(7(3)4)10(12)14-6-2;1-4-5(8)10-7(2,3)11-6(4)9;7-3-1-2-4(8)6-5-3;5-3(7)1-2-4(6)8/h11-20H,1-9H2;15-20H,1-13H2;10,14H,1,7-8H2,2-6H3;5-6H2,1-4H3;1H2,2-3H3;1-2H,(H,5,7)(H,6,8);1-2H,(H2,5,7)(H2,6,8)/b;;;;;;2-1-. The Kier molecular flexibility index (Phi) is 29.5. The van der Waals surface area contributed by atoms with Crippen molar-refractivity contribution in [2.75, 3.05) is 13.2 Å². The van der Waals surface area contributed by atoms with E-state index in [9.17, 15) is 71.9 Å². The third kappa shape index (κ3) is 24.4. The number of cyclic esters (lactones) is 2. The van der Waals surface area contributed by atoms with Gasteiger partial charge < -0.3 is 68.9 Å². The summed E-state index contributed by atoms with van der Waals surface area (Å²) in [5, 5.41) is 7.76. The number of esters is 11. The largest absolute Gasteiger partial charge is 0.462 e. The molecular formula is C86H117N5O26. The highest BCUT2D eigenvalue weighted by Gasteiger charge is 2.58. The van der Waals surface area contributed by atoms with Crippen LogP contribution in [-0.4, -0.2) is 159 Å². The predicted molar refractivity (Wildman–Crippen MR) is 417 cm³/mol. The van der Waals surface area contributed by atoms with Crippen LogP contribution < -0.4 is 27.9 Å². The van der Waals surface area contributed by atoms with E-state index in [1.165, 1.54) is 64.5 Å². The number of primary amides is 2. The van der Waals surface area contributed by atoms with Gasteiger partial charge in [-0.1, -0.05) is 31.9 Å². The van der Waals surface area contributed by atoms with Gasteiger partial charge in [0.15, 0.2) is 0 Å². The fraction of sp³-hybridized carbons (Fsp3) is 0.663. The summed E-state index contributed by atoms with van der Waals surface area (Å²) in [6.07, 6.45) is 21.3. The molecule has 10 atom stereocenters. The molecule has 0 radical (unpaired) electrons. The number of allylic oxidation sites excluding steroid dienone is 1. The molecular weight excluding hydrogens is 1520 g/mol. The summed E-state index contributed by atoms with van der Waals surface area (Å²) in [5.41, 5.74) is 8.28. The first-order valence-electron chi connectivity index (χ1n) is 40.8. The number of rotatable bonds is 16. The first-order chi connectivity index (χ1) is 54.7. The fourth-order valence-electron chi connectivity index (χ4n) is 20.9. The number of piperidine rings is 1. The molecule has 1 aromatic heterocycles. The van der Waals surface area contributed by atoms with E-state index in [1.54, 1.807) is 34.6 Å². The fourth-order valence-corrected chi connectivity index (χ4v) is 20.9. The second-order valence-corrected chi connectivity index (χ2v) is 36.2. The van der Waals surface area contributed by atoms with Gasteiger partial charge in [0.1, 0.15) is 64.0 Å². The van der Waals surface area contributed by atoms with Crippen LogP contribution in [0.1, 0.15) is 217 Å². The minimum absolute atomic E-state index is 0.00176. The zero-order valence-corrected chi connectivity index (χ0v) is 69.2. The van der Waals surface area contributed by atoms with Crippen molar-refractivity contribution >= 4 is 77.5 Å². The van der Waals surface area contributed by atoms with Crippen LogP contribution in [0.3, 0.4) is 0 Å². The molecule has 31 nitrogen and oxygen atoms in total. The van der Waals surface area contributed by atoms with Gasteiger partial charge >= 0.3 is 65.7 Å². The average Bonchev–Trinajstić information content (AvgIpc) is 1.68. The molecule has 18 aliphatic rings. The molecule has 642 valence electrons. The Labute approximate surface area is 680 Å². The number of aromatic amines is 2. The Morgan fingerprint density at radius 2 is 0.812 bits per heavy atom. The van der Waals surface area contributed by atoms with Crippen molar-refractivity contribution in [1.82, 2.24) is 15.5 Å². The van der Waals surface area contributed by atoms with E-state index in [0.717, 1.165) is 89.2 Å². The minimum atomic E-state index is -1.16. The molecule has 117 heavy (non-hydrogen) atoms. The third-order valence-electron chi connectivity index (χ3n) is 24.2. The van der Waals surface area contributed by atoms with E-state index >= 15 is 0 Å². The van der Waals surface area contributed by atoms with Crippen molar-refractivity contribution in [1.29, 1.82) is 0 Å². The minimum Gasteiger partial charge on any atom is -0.462 e. The number of nitrogens with one attached hydrogen (secondary N) is 3. The highest BCUT2D eigenvalue weighted by atomic mass is 16.7. The Morgan fingerprint density at radius 1 is 0.462 bits per heavy atom. The lowest BCUT2D eigenvalue weighted by atomic mass is 9.54. The second-order valence-electron chi connectivity index (χ2n) is 36.2. The van der Waals surface area contributed by atoms with Gasteiger partial charge in [-0.15, -0.1) is 0 Å². The summed E-state index contributed by atoms with van der Waals surface area (Å²) in [6.45, 7) is 34.6. The van der Waals surface area contributed by atoms with Gasteiger partial charge in [-0.2, -0.15) is 0 Å². The number of aromatic nitrogens is 2. The number of fused-ring (bicyclic) bond motifs is 2. The molecule has 12 aliphatic carbocycles. The number of hydrogen-bond acceptors (Lipinski definition) is 27. The number of nitrogens with two attached hydrogens (primary N) is 2. The smallest absolute Gasteiger partial charge is 0.348 e. The topological polar surface area (TPSA) is 453 Å². The van der Waals surface area contributed by atoms with Gasteiger partial charge in [-0.25, -0.2) is 43.2 Å². The van der Waals surface area contributed by atoms with Gasteiger partial charge in [0.25, 0.3) is 16.9 Å². The van der Waals surface area contributed by atoms with Crippen molar-refractivity contribution in [2.24, 2.45) is 82.5 Å². The van der Waals surface area contributed by atoms with Crippen LogP contribution in [0.25, 0.3) is 0 Å². The maximum absolute atomic E-state index is 12.8. The lowest BCUT2D eigenvalue weighted by Gasteiger charge is -2.56. The number of hydrogen-bond donors (Lipinski definition) is 5. The maximum Gasteiger partial charge on any atom is 0.348 e. The number of amides is 2. The SMILES string of the molecule is C=C(C(=O)OC12CC3CC(CC(C3)C1)C2)C(=O)OC12CC3CC(CC(C3)C1)C2.C=C(C(=O)OC1C2CC3CC(C2)C(=O)OC1C3)C(=O)OC1C2CC3CC(C2)C(=O)OC1C3.C=C(C)C(=O)OC1CC(C)(C)NC(C)(C)C1.C=C1C(=O)OC(C)(C)OC1=O.CCOC(=O)C(C(=O)OCC)=C(C)C.NC(=O)/C=C\C(N)=O.O=c1ccc(=O)[nH][nH]1. The van der Waals surface area contributed by atoms with Crippen molar-refractivity contribution in [3.63, 3.8) is 0 Å². The van der Waals surface area contributed by atoms with E-state index in [1.807, 2.05) is 0 Å². The monoisotopic (exact) mass is 1640 g/mol. The van der Waals surface area contributed by atoms with Gasteiger partial charge in [-0.05, 0) is 238 Å². The Morgan fingerprint density at radius 3 is 1.13 bits per heavy atom. The summed E-state index contributed by atoms with van der Waals surface area (Å²) in [4.78, 5) is 172. The molecule has 31 heteroatoms. The molecule has 19 rings (SSSR count). The molecule has 6 saturated heterocycles. The third-order valence-corrected chi connectivity index (χ3v) is 24.2. The van der Waals surface area contributed by atoms with E-state index in [2.05, 4.69) is 90.5 Å². The van der Waals surface area contributed by atoms with Gasteiger partial charge in [0.2, 0.25) is 11.8 Å². The lowest BCUT2D eigenvalue weighted by molar-refractivity contribution is -0.222. The van der Waals surface area contributed by atoms with E-state index in [0.29, 0.717) is 84.2 Å². The molecule has 2 amide bonds. The molecule has 6 aliphatic heterocycles. The highest BCUT2D eigenvalue weighted by molar-refractivity contribution is 6.16. The molecule has 16 bridgehead atoms. The van der Waals surface area contributed by atoms with Crippen LogP contribution in [0.15, 0.2) is 93.6 Å². The van der Waals surface area contributed by atoms with Gasteiger partial charge in [0, 0.05) is 79.5 Å². The highest BCUT2D eigenvalue weighted by Crippen LogP contribution is 2.59. The zero-order chi connectivity index (χ0) is 86.1. The number of carbonyl (C=O) groups excluding carboxylic acids is 13. The van der Waals surface area contributed by atoms with Crippen LogP contribution in [0, 0.1) is 71.0 Å². The Balaban J connectivity index is 0.000000167. The lowest BCUT2D eigenvalue weighted by Crippen LogP contribution is -2.59. The first kappa shape index (κ1) is 91.1. The van der Waals surface area contributed by atoms with Crippen molar-refractivity contribution in [2.45, 2.75) is 276 Å². The van der Waals surface area contributed by atoms with E-state index in [-0.39, 0.29) is 117 Å². The van der Waals surface area contributed by atoms with Crippen LogP contribution in [0.4, 0.5) is 0 Å². The predicted octanol–water partition coefficient (Wildman–Crippen LogP) is 8.48. The number of ether oxygens (including phenoxy) is 11. The van der Waals surface area contributed by atoms with Gasteiger partial charge in [-0.3, -0.25) is 39.0 Å². The van der Waals surface area contributed by atoms with Crippen molar-refractivity contribution < 1.29 is 114 Å². The van der Waals surface area contributed by atoms with E-state index < -0.39 is 89.8 Å². The maximum atomic E-state index is 12.8. The summed E-state index contributed by atoms with van der Waals surface area (Å²) in [5.74, 6) is -3.68. The first-order valence-corrected chi connectivity index (χ1v) is 40.8. The van der Waals surface area contributed by atoms with Crippen molar-refractivity contribution in [3.8, 4) is 0 Å².